The molecule has 0 radical (unpaired) electrons. The Kier molecular flexibility index (Phi) is 9.03. The van der Waals surface area contributed by atoms with Crippen LogP contribution in [0.15, 0.2) is 59.5 Å². The summed E-state index contributed by atoms with van der Waals surface area (Å²) in [6, 6.07) is 8.75. The van der Waals surface area contributed by atoms with Gasteiger partial charge in [0.15, 0.2) is 5.69 Å². The number of hydrogen-bond donors (Lipinski definition) is 2. The second-order valence-electron chi connectivity index (χ2n) is 10.2. The molecule has 3 heterocycles. The molecule has 4 aromatic rings. The lowest BCUT2D eigenvalue weighted by molar-refractivity contribution is -0.119. The zero-order valence-electron chi connectivity index (χ0n) is 23.9. The van der Waals surface area contributed by atoms with Crippen LogP contribution in [0.2, 0.25) is 0 Å². The zero-order valence-corrected chi connectivity index (χ0v) is 23.9. The predicted octanol–water partition coefficient (Wildman–Crippen LogP) is 4.76. The Hall–Kier alpha value is -5.25. The predicted molar refractivity (Wildman–Crippen MR) is 148 cm³/mol. The summed E-state index contributed by atoms with van der Waals surface area (Å²) in [6.45, 7) is 2.36. The number of aromatic nitrogens is 4. The molecule has 0 aliphatic heterocycles. The molecule has 16 heteroatoms. The molecule has 232 valence electrons. The molecular formula is C28H27F3N6O7. The molecule has 0 spiro atoms. The van der Waals surface area contributed by atoms with Crippen molar-refractivity contribution in [3.05, 3.63) is 72.0 Å². The lowest BCUT2D eigenvalue weighted by Gasteiger charge is -2.27. The van der Waals surface area contributed by atoms with Gasteiger partial charge < -0.3 is 24.3 Å². The molecule has 0 unspecified atom stereocenters. The molecule has 0 saturated carbocycles. The van der Waals surface area contributed by atoms with Crippen LogP contribution in [0.1, 0.15) is 47.3 Å². The fraction of sp³-hybridized carbons (Fsp3) is 0.286. The Morgan fingerprint density at radius 2 is 1.82 bits per heavy atom. The summed E-state index contributed by atoms with van der Waals surface area (Å²) in [5, 5.41) is 16.6. The first kappa shape index (κ1) is 31.7. The van der Waals surface area contributed by atoms with E-state index in [9.17, 15) is 32.7 Å². The maximum atomic E-state index is 13.3. The molecule has 4 rings (SSSR count). The van der Waals surface area contributed by atoms with Gasteiger partial charge in [-0.1, -0.05) is 0 Å². The lowest BCUT2D eigenvalue weighted by Crippen LogP contribution is -2.42. The molecule has 2 amide bonds. The van der Waals surface area contributed by atoms with E-state index >= 15 is 0 Å². The van der Waals surface area contributed by atoms with Gasteiger partial charge in [-0.2, -0.15) is 18.3 Å². The highest BCUT2D eigenvalue weighted by atomic mass is 19.4. The van der Waals surface area contributed by atoms with Gasteiger partial charge in [0.25, 0.3) is 5.91 Å². The van der Waals surface area contributed by atoms with Gasteiger partial charge in [-0.05, 0) is 57.2 Å². The number of nitrogens with one attached hydrogen (secondary N) is 1. The molecule has 0 aliphatic carbocycles. The second kappa shape index (κ2) is 12.5. The van der Waals surface area contributed by atoms with Crippen molar-refractivity contribution in [3.63, 3.8) is 0 Å². The Bertz CT molecular complexity index is 1660. The van der Waals surface area contributed by atoms with Crippen LogP contribution in [0.25, 0.3) is 17.1 Å². The van der Waals surface area contributed by atoms with E-state index in [1.54, 1.807) is 12.1 Å². The first-order valence-electron chi connectivity index (χ1n) is 12.9. The van der Waals surface area contributed by atoms with Crippen LogP contribution < -0.4 is 10.2 Å². The number of carbonyl (C=O) groups is 3. The molecule has 0 saturated heterocycles. The maximum absolute atomic E-state index is 13.3. The van der Waals surface area contributed by atoms with Crippen molar-refractivity contribution in [2.75, 3.05) is 23.9 Å². The summed E-state index contributed by atoms with van der Waals surface area (Å²) in [5.41, 5.74) is -0.00220. The summed E-state index contributed by atoms with van der Waals surface area (Å²) < 4.78 is 56.5. The fourth-order valence-electron chi connectivity index (χ4n) is 3.76. The van der Waals surface area contributed by atoms with Gasteiger partial charge >= 0.3 is 18.2 Å². The van der Waals surface area contributed by atoms with Crippen molar-refractivity contribution in [1.29, 1.82) is 0 Å². The van der Waals surface area contributed by atoms with Gasteiger partial charge in [0.05, 0.1) is 36.9 Å². The second-order valence-corrected chi connectivity index (χ2v) is 10.2. The van der Waals surface area contributed by atoms with Crippen molar-refractivity contribution < 1.29 is 46.6 Å². The number of anilines is 2. The lowest BCUT2D eigenvalue weighted by atomic mass is 10.2. The average Bonchev–Trinajstić information content (AvgIpc) is 3.62. The van der Waals surface area contributed by atoms with Crippen molar-refractivity contribution in [2.45, 2.75) is 39.2 Å². The number of hydrogen-bond acceptors (Lipinski definition) is 10. The molecule has 0 bridgehead atoms. The number of halogens is 3. The normalized spacial score (nSPS) is 11.6. The largest absolute Gasteiger partial charge is 0.465 e. The van der Waals surface area contributed by atoms with E-state index in [2.05, 4.69) is 25.1 Å². The van der Waals surface area contributed by atoms with E-state index in [-0.39, 0.29) is 34.3 Å². The first-order valence-corrected chi connectivity index (χ1v) is 12.9. The number of methoxy groups -OCH3 is 1. The zero-order chi connectivity index (χ0) is 32.2. The van der Waals surface area contributed by atoms with Gasteiger partial charge in [-0.3, -0.25) is 9.69 Å². The number of alkyl halides is 3. The van der Waals surface area contributed by atoms with Crippen LogP contribution in [0, 0.1) is 0 Å². The van der Waals surface area contributed by atoms with E-state index in [4.69, 9.17) is 9.15 Å². The standard InChI is InChI=1S/C28H27F3N6O7/c1-27(2,3)44-26(41)36(15-28(29,30)31)22-11-17(9-10-32-22)24-34-21(14-43-24)23(39)33-19-12-37(35-20(19)13-38)18-7-5-16(6-8-18)25(40)42-4/h5-12,14,38H,13,15H2,1-4H3,(H,33,39). The Labute approximate surface area is 248 Å². The van der Waals surface area contributed by atoms with E-state index < -0.39 is 42.9 Å². The summed E-state index contributed by atoms with van der Waals surface area (Å²) in [4.78, 5) is 45.6. The molecular weight excluding hydrogens is 589 g/mol. The molecule has 3 aromatic heterocycles. The number of aliphatic hydroxyl groups is 1. The minimum Gasteiger partial charge on any atom is -0.465 e. The third kappa shape index (κ3) is 7.77. The third-order valence-electron chi connectivity index (χ3n) is 5.70. The molecule has 2 N–H and O–H groups in total. The van der Waals surface area contributed by atoms with Crippen molar-refractivity contribution in [1.82, 2.24) is 19.7 Å². The number of carbonyl (C=O) groups excluding carboxylic acids is 3. The Morgan fingerprint density at radius 1 is 1.11 bits per heavy atom. The highest BCUT2D eigenvalue weighted by Gasteiger charge is 2.36. The van der Waals surface area contributed by atoms with Gasteiger partial charge in [0.2, 0.25) is 5.89 Å². The fourth-order valence-corrected chi connectivity index (χ4v) is 3.76. The van der Waals surface area contributed by atoms with Crippen molar-refractivity contribution in [3.8, 4) is 17.1 Å². The van der Waals surface area contributed by atoms with Crippen LogP contribution in [0.5, 0.6) is 0 Å². The number of ether oxygens (including phenoxy) is 2. The molecule has 13 nitrogen and oxygen atoms in total. The third-order valence-corrected chi connectivity index (χ3v) is 5.70. The van der Waals surface area contributed by atoms with Gasteiger partial charge in [0, 0.05) is 11.8 Å². The van der Waals surface area contributed by atoms with E-state index in [1.165, 1.54) is 57.0 Å². The topological polar surface area (TPSA) is 162 Å². The summed E-state index contributed by atoms with van der Waals surface area (Å²) in [7, 11) is 1.26. The van der Waals surface area contributed by atoms with Gasteiger partial charge in [-0.25, -0.2) is 24.2 Å². The highest BCUT2D eigenvalue weighted by Crippen LogP contribution is 2.27. The highest BCUT2D eigenvalue weighted by molar-refractivity contribution is 6.03. The number of oxazole rings is 1. The number of amides is 2. The van der Waals surface area contributed by atoms with Crippen LogP contribution in [0.4, 0.5) is 29.5 Å². The number of rotatable bonds is 8. The molecule has 44 heavy (non-hydrogen) atoms. The first-order chi connectivity index (χ1) is 20.7. The minimum absolute atomic E-state index is 0.129. The van der Waals surface area contributed by atoms with Crippen molar-refractivity contribution in [2.24, 2.45) is 0 Å². The number of aliphatic hydroxyl groups excluding tert-OH is 1. The number of benzene rings is 1. The molecule has 0 fully saturated rings. The van der Waals surface area contributed by atoms with E-state index in [0.717, 1.165) is 18.5 Å². The molecule has 0 atom stereocenters. The van der Waals surface area contributed by atoms with Gasteiger partial charge in [-0.15, -0.1) is 0 Å². The summed E-state index contributed by atoms with van der Waals surface area (Å²) in [5.74, 6) is -1.77. The van der Waals surface area contributed by atoms with Crippen LogP contribution in [-0.2, 0) is 16.1 Å². The smallest absolute Gasteiger partial charge is 0.416 e. The van der Waals surface area contributed by atoms with E-state index in [0.29, 0.717) is 16.2 Å². The average molecular weight is 617 g/mol. The van der Waals surface area contributed by atoms with Crippen LogP contribution in [-0.4, -0.2) is 68.3 Å². The van der Waals surface area contributed by atoms with Gasteiger partial charge in [0.1, 0.15) is 29.9 Å². The molecule has 1 aromatic carbocycles. The SMILES string of the molecule is COC(=O)c1ccc(-n2cc(NC(=O)c3coc(-c4ccnc(N(CC(F)(F)F)C(=O)OC(C)(C)C)c4)n3)c(CO)n2)cc1. The summed E-state index contributed by atoms with van der Waals surface area (Å²) >= 11 is 0. The molecule has 0 aliphatic rings. The Morgan fingerprint density at radius 3 is 2.43 bits per heavy atom. The van der Waals surface area contributed by atoms with Crippen molar-refractivity contribution >= 4 is 29.5 Å². The number of pyridine rings is 1. The quantitative estimate of drug-likeness (QED) is 0.264. The van der Waals surface area contributed by atoms with E-state index in [1.807, 2.05) is 0 Å². The van der Waals surface area contributed by atoms with Crippen LogP contribution >= 0.6 is 0 Å². The Balaban J connectivity index is 1.54. The van der Waals surface area contributed by atoms with Crippen LogP contribution in [0.3, 0.4) is 0 Å². The summed E-state index contributed by atoms with van der Waals surface area (Å²) in [6.07, 6.45) is -2.38. The maximum Gasteiger partial charge on any atom is 0.416 e. The number of esters is 1. The number of nitrogens with zero attached hydrogens (tertiary/aromatic N) is 5. The minimum atomic E-state index is -4.75. The monoisotopic (exact) mass is 616 g/mol.